The SMILES string of the molecule is C.Cc1ccc(/C(=N/O)c2ccccn2)cc1.Cc1ccc(C(N)c2ccccn2)cc1.O=CC(F)(F)F. The first kappa shape index (κ1) is 31.7. The van der Waals surface area contributed by atoms with Gasteiger partial charge in [0.1, 0.15) is 5.71 Å². The zero-order valence-electron chi connectivity index (χ0n) is 20.3. The van der Waals surface area contributed by atoms with Crippen molar-refractivity contribution in [1.29, 1.82) is 0 Å². The second-order valence-electron chi connectivity index (χ2n) is 7.83. The Morgan fingerprint density at radius 2 is 1.37 bits per heavy atom. The van der Waals surface area contributed by atoms with E-state index in [4.69, 9.17) is 15.7 Å². The highest BCUT2D eigenvalue weighted by Gasteiger charge is 2.24. The molecular weight excluding hydrogens is 493 g/mol. The molecule has 4 rings (SSSR count). The van der Waals surface area contributed by atoms with E-state index in [0.717, 1.165) is 16.8 Å². The monoisotopic (exact) mass is 524 g/mol. The predicted octanol–water partition coefficient (Wildman–Crippen LogP) is 6.44. The molecule has 0 amide bonds. The van der Waals surface area contributed by atoms with Gasteiger partial charge in [0.05, 0.1) is 17.4 Å². The Balaban J connectivity index is 0.000000309. The van der Waals surface area contributed by atoms with Crippen molar-refractivity contribution in [2.24, 2.45) is 10.9 Å². The summed E-state index contributed by atoms with van der Waals surface area (Å²) in [6.07, 6.45) is -2.26. The number of aldehydes is 1. The van der Waals surface area contributed by atoms with Crippen molar-refractivity contribution in [1.82, 2.24) is 9.97 Å². The number of hydrogen-bond donors (Lipinski definition) is 2. The largest absolute Gasteiger partial charge is 0.446 e. The van der Waals surface area contributed by atoms with Crippen LogP contribution >= 0.6 is 0 Å². The lowest BCUT2D eigenvalue weighted by atomic mass is 10.0. The summed E-state index contributed by atoms with van der Waals surface area (Å²) in [5, 5.41) is 12.4. The van der Waals surface area contributed by atoms with Gasteiger partial charge in [-0.15, -0.1) is 0 Å². The number of carbonyl (C=O) groups is 1. The molecular formula is C29H31F3N4O2. The first-order valence-corrected chi connectivity index (χ1v) is 11.1. The second-order valence-corrected chi connectivity index (χ2v) is 7.83. The van der Waals surface area contributed by atoms with Crippen LogP contribution in [0.4, 0.5) is 13.2 Å². The predicted molar refractivity (Wildman–Crippen MR) is 143 cm³/mol. The molecule has 0 saturated heterocycles. The van der Waals surface area contributed by atoms with Crippen LogP contribution in [0.2, 0.25) is 0 Å². The highest BCUT2D eigenvalue weighted by Crippen LogP contribution is 2.17. The maximum absolute atomic E-state index is 10.4. The van der Waals surface area contributed by atoms with Gasteiger partial charge < -0.3 is 10.9 Å². The van der Waals surface area contributed by atoms with E-state index in [9.17, 15) is 13.2 Å². The van der Waals surface area contributed by atoms with Crippen LogP contribution in [0, 0.1) is 13.8 Å². The Kier molecular flexibility index (Phi) is 13.1. The molecule has 2 heterocycles. The molecule has 9 heteroatoms. The second kappa shape index (κ2) is 15.7. The minimum absolute atomic E-state index is 0. The number of aromatic nitrogens is 2. The van der Waals surface area contributed by atoms with Crippen LogP contribution in [-0.2, 0) is 4.79 Å². The summed E-state index contributed by atoms with van der Waals surface area (Å²) in [5.41, 5.74) is 12.5. The smallest absolute Gasteiger partial charge is 0.410 e. The Bertz CT molecular complexity index is 1250. The molecule has 0 radical (unpaired) electrons. The zero-order chi connectivity index (χ0) is 27.3. The van der Waals surface area contributed by atoms with E-state index in [2.05, 4.69) is 46.3 Å². The number of pyridine rings is 2. The van der Waals surface area contributed by atoms with Crippen LogP contribution in [0.25, 0.3) is 0 Å². The van der Waals surface area contributed by atoms with Crippen molar-refractivity contribution in [3.05, 3.63) is 131 Å². The van der Waals surface area contributed by atoms with Crippen LogP contribution < -0.4 is 5.73 Å². The number of aryl methyl sites for hydroxylation is 2. The van der Waals surface area contributed by atoms with Crippen LogP contribution in [-0.4, -0.2) is 33.3 Å². The molecule has 1 unspecified atom stereocenters. The number of nitrogens with two attached hydrogens (primary N) is 1. The quantitative estimate of drug-likeness (QED) is 0.138. The number of halogens is 3. The van der Waals surface area contributed by atoms with Crippen molar-refractivity contribution in [3.8, 4) is 0 Å². The maximum Gasteiger partial charge on any atom is 0.446 e. The van der Waals surface area contributed by atoms with Gasteiger partial charge in [0.2, 0.25) is 6.29 Å². The number of rotatable bonds is 4. The first-order chi connectivity index (χ1) is 17.6. The number of nitrogens with zero attached hydrogens (tertiary/aromatic N) is 3. The van der Waals surface area contributed by atoms with Crippen LogP contribution in [0.3, 0.4) is 0 Å². The van der Waals surface area contributed by atoms with E-state index in [1.54, 1.807) is 12.4 Å². The Labute approximate surface area is 220 Å². The first-order valence-electron chi connectivity index (χ1n) is 11.1. The van der Waals surface area contributed by atoms with Gasteiger partial charge >= 0.3 is 6.18 Å². The minimum Gasteiger partial charge on any atom is -0.410 e. The average molecular weight is 525 g/mol. The Morgan fingerprint density at radius 3 is 1.79 bits per heavy atom. The summed E-state index contributed by atoms with van der Waals surface area (Å²) in [7, 11) is 0. The van der Waals surface area contributed by atoms with Crippen LogP contribution in [0.1, 0.15) is 47.1 Å². The lowest BCUT2D eigenvalue weighted by Crippen LogP contribution is -2.13. The molecule has 0 aliphatic rings. The molecule has 200 valence electrons. The summed E-state index contributed by atoms with van der Waals surface area (Å²) in [5.74, 6) is 0. The summed E-state index contributed by atoms with van der Waals surface area (Å²) in [4.78, 5) is 17.1. The molecule has 6 nitrogen and oxygen atoms in total. The van der Waals surface area contributed by atoms with Gasteiger partial charge in [-0.05, 0) is 43.7 Å². The van der Waals surface area contributed by atoms with Gasteiger partial charge in [0, 0.05) is 18.0 Å². The van der Waals surface area contributed by atoms with Crippen molar-refractivity contribution >= 4 is 12.0 Å². The highest BCUT2D eigenvalue weighted by atomic mass is 19.4. The molecule has 4 aromatic rings. The third-order valence-corrected chi connectivity index (χ3v) is 4.91. The topological polar surface area (TPSA) is 101 Å². The fourth-order valence-electron chi connectivity index (χ4n) is 2.98. The molecule has 0 saturated carbocycles. The highest BCUT2D eigenvalue weighted by molar-refractivity contribution is 6.11. The fourth-order valence-corrected chi connectivity index (χ4v) is 2.98. The van der Waals surface area contributed by atoms with Gasteiger partial charge in [0.15, 0.2) is 0 Å². The number of benzene rings is 2. The van der Waals surface area contributed by atoms with Gasteiger partial charge in [-0.3, -0.25) is 14.8 Å². The van der Waals surface area contributed by atoms with Gasteiger partial charge in [-0.2, -0.15) is 13.2 Å². The van der Waals surface area contributed by atoms with E-state index < -0.39 is 12.5 Å². The summed E-state index contributed by atoms with van der Waals surface area (Å²) >= 11 is 0. The summed E-state index contributed by atoms with van der Waals surface area (Å²) in [6, 6.07) is 27.2. The molecule has 0 spiro atoms. The number of oxime groups is 1. The van der Waals surface area contributed by atoms with Crippen LogP contribution in [0.15, 0.2) is 102 Å². The maximum atomic E-state index is 10.4. The lowest BCUT2D eigenvalue weighted by molar-refractivity contribution is -0.156. The summed E-state index contributed by atoms with van der Waals surface area (Å²) < 4.78 is 31.2. The standard InChI is InChI=1S/C13H12N2O.C13H14N2.C2HF3O.CH4/c1-10-5-7-11(8-6-10)13(15-16)12-4-2-3-9-14-12;1-10-5-7-11(8-6-10)13(14)12-4-2-3-9-15-12;3-2(4,5)1-6;/h2-9,16H,1H3;2-9,13H,14H2,1H3;1H;1H4/b15-13-;;;. The lowest BCUT2D eigenvalue weighted by Gasteiger charge is -2.11. The fraction of sp³-hybridized carbons (Fsp3) is 0.172. The van der Waals surface area contributed by atoms with E-state index in [-0.39, 0.29) is 13.5 Å². The zero-order valence-corrected chi connectivity index (χ0v) is 20.3. The van der Waals surface area contributed by atoms with Crippen molar-refractivity contribution < 1.29 is 23.2 Å². The van der Waals surface area contributed by atoms with Gasteiger partial charge in [-0.1, -0.05) is 84.4 Å². The average Bonchev–Trinajstić information content (AvgIpc) is 2.92. The molecule has 0 fully saturated rings. The van der Waals surface area contributed by atoms with Crippen molar-refractivity contribution in [2.75, 3.05) is 0 Å². The number of hydrogen-bond acceptors (Lipinski definition) is 6. The van der Waals surface area contributed by atoms with Gasteiger partial charge in [0.25, 0.3) is 0 Å². The molecule has 3 N–H and O–H groups in total. The number of alkyl halides is 3. The van der Waals surface area contributed by atoms with Gasteiger partial charge in [-0.25, -0.2) is 0 Å². The molecule has 2 aromatic carbocycles. The normalized spacial score (nSPS) is 11.5. The third kappa shape index (κ3) is 10.7. The minimum atomic E-state index is -4.64. The van der Waals surface area contributed by atoms with Crippen molar-refractivity contribution in [3.63, 3.8) is 0 Å². The van der Waals surface area contributed by atoms with E-state index >= 15 is 0 Å². The third-order valence-electron chi connectivity index (χ3n) is 4.91. The van der Waals surface area contributed by atoms with E-state index in [1.165, 1.54) is 11.1 Å². The Hall–Kier alpha value is -4.37. The molecule has 0 bridgehead atoms. The Morgan fingerprint density at radius 1 is 0.868 bits per heavy atom. The summed E-state index contributed by atoms with van der Waals surface area (Å²) in [6.45, 7) is 4.08. The van der Waals surface area contributed by atoms with E-state index in [1.807, 2.05) is 67.6 Å². The molecule has 2 aromatic heterocycles. The van der Waals surface area contributed by atoms with E-state index in [0.29, 0.717) is 11.4 Å². The molecule has 38 heavy (non-hydrogen) atoms. The molecule has 0 aliphatic carbocycles. The molecule has 1 atom stereocenters. The van der Waals surface area contributed by atoms with Crippen molar-refractivity contribution in [2.45, 2.75) is 33.5 Å². The molecule has 0 aliphatic heterocycles. The number of carbonyl (C=O) groups excluding carboxylic acids is 1. The van der Waals surface area contributed by atoms with Crippen LogP contribution in [0.5, 0.6) is 0 Å².